The van der Waals surface area contributed by atoms with Crippen LogP contribution in [-0.4, -0.2) is 12.8 Å². The van der Waals surface area contributed by atoms with Crippen molar-refractivity contribution in [2.75, 3.05) is 11.4 Å². The van der Waals surface area contributed by atoms with E-state index in [1.54, 1.807) is 23.1 Å². The number of anilines is 2. The lowest BCUT2D eigenvalue weighted by Gasteiger charge is -2.33. The van der Waals surface area contributed by atoms with E-state index >= 15 is 0 Å². The molecule has 1 aliphatic heterocycles. The number of carbonyl (C=O) groups excluding carboxylic acids is 1. The van der Waals surface area contributed by atoms with Crippen molar-refractivity contribution >= 4 is 40.8 Å². The highest BCUT2D eigenvalue weighted by molar-refractivity contribution is 7.99. The van der Waals surface area contributed by atoms with E-state index in [1.165, 1.54) is 58.0 Å². The van der Waals surface area contributed by atoms with Gasteiger partial charge in [-0.05, 0) is 64.7 Å². The standard InChI is InChI=1S/C23H23NOS2/c1-2-3-4-5-11-24-20-8-6-17(15-25)13-22(20)27-23-14-18(7-9-21(23)24)19-10-12-26-16-19/h6-10,12-16H,2-5,11H2,1H3. The van der Waals surface area contributed by atoms with E-state index < -0.39 is 0 Å². The second-order valence-electron chi connectivity index (χ2n) is 6.85. The molecule has 0 fully saturated rings. The van der Waals surface area contributed by atoms with Gasteiger partial charge in [0.2, 0.25) is 0 Å². The third-order valence-corrected chi connectivity index (χ3v) is 6.75. The molecule has 2 heterocycles. The van der Waals surface area contributed by atoms with E-state index in [-0.39, 0.29) is 0 Å². The van der Waals surface area contributed by atoms with Crippen molar-refractivity contribution in [3.8, 4) is 11.1 Å². The largest absolute Gasteiger partial charge is 0.340 e. The zero-order valence-corrected chi connectivity index (χ0v) is 17.1. The number of unbranched alkanes of at least 4 members (excludes halogenated alkanes) is 3. The number of carbonyl (C=O) groups is 1. The molecule has 0 amide bonds. The fraction of sp³-hybridized carbons (Fsp3) is 0.261. The van der Waals surface area contributed by atoms with Crippen molar-refractivity contribution in [3.05, 3.63) is 58.8 Å². The van der Waals surface area contributed by atoms with Crippen molar-refractivity contribution in [1.29, 1.82) is 0 Å². The van der Waals surface area contributed by atoms with Crippen LogP contribution in [0.2, 0.25) is 0 Å². The number of nitrogens with zero attached hydrogens (tertiary/aromatic N) is 1. The Hall–Kier alpha value is -2.04. The molecule has 0 aliphatic carbocycles. The first kappa shape index (κ1) is 18.3. The molecule has 0 unspecified atom stereocenters. The van der Waals surface area contributed by atoms with Gasteiger partial charge in [0.1, 0.15) is 6.29 Å². The minimum Gasteiger partial charge on any atom is -0.340 e. The third-order valence-electron chi connectivity index (χ3n) is 4.97. The van der Waals surface area contributed by atoms with E-state index in [9.17, 15) is 4.79 Å². The van der Waals surface area contributed by atoms with Gasteiger partial charge in [-0.2, -0.15) is 11.3 Å². The van der Waals surface area contributed by atoms with Crippen LogP contribution in [0.25, 0.3) is 11.1 Å². The van der Waals surface area contributed by atoms with Crippen molar-refractivity contribution in [3.63, 3.8) is 0 Å². The number of thiophene rings is 1. The predicted molar refractivity (Wildman–Crippen MR) is 117 cm³/mol. The molecule has 0 atom stereocenters. The summed E-state index contributed by atoms with van der Waals surface area (Å²) in [5.74, 6) is 0. The molecule has 0 bridgehead atoms. The van der Waals surface area contributed by atoms with Gasteiger partial charge >= 0.3 is 0 Å². The Morgan fingerprint density at radius 3 is 2.48 bits per heavy atom. The van der Waals surface area contributed by atoms with Crippen molar-refractivity contribution in [2.24, 2.45) is 0 Å². The molecule has 0 N–H and O–H groups in total. The highest BCUT2D eigenvalue weighted by atomic mass is 32.2. The SMILES string of the molecule is CCCCCCN1c2ccc(C=O)cc2Sc2cc(-c3ccsc3)ccc21. The molecule has 0 saturated heterocycles. The number of rotatable bonds is 7. The average Bonchev–Trinajstić information content (AvgIpc) is 3.24. The van der Waals surface area contributed by atoms with Crippen LogP contribution in [0.4, 0.5) is 11.4 Å². The van der Waals surface area contributed by atoms with E-state index in [4.69, 9.17) is 0 Å². The molecule has 2 aromatic carbocycles. The van der Waals surface area contributed by atoms with E-state index in [1.807, 2.05) is 12.1 Å². The number of fused-ring (bicyclic) bond motifs is 2. The zero-order chi connectivity index (χ0) is 18.6. The van der Waals surface area contributed by atoms with Gasteiger partial charge in [0.25, 0.3) is 0 Å². The Labute approximate surface area is 169 Å². The highest BCUT2D eigenvalue weighted by Crippen LogP contribution is 2.49. The first-order chi connectivity index (χ1) is 13.3. The molecule has 2 nitrogen and oxygen atoms in total. The number of benzene rings is 2. The monoisotopic (exact) mass is 393 g/mol. The van der Waals surface area contributed by atoms with Gasteiger partial charge in [-0.1, -0.05) is 44.0 Å². The van der Waals surface area contributed by atoms with E-state index in [0.717, 1.165) is 18.4 Å². The first-order valence-electron chi connectivity index (χ1n) is 9.51. The Balaban J connectivity index is 1.71. The average molecular weight is 394 g/mol. The van der Waals surface area contributed by atoms with Gasteiger partial charge in [0.05, 0.1) is 11.4 Å². The van der Waals surface area contributed by atoms with E-state index in [0.29, 0.717) is 0 Å². The summed E-state index contributed by atoms with van der Waals surface area (Å²) in [6.07, 6.45) is 5.90. The molecule has 0 saturated carbocycles. The molecule has 3 aromatic rings. The fourth-order valence-corrected chi connectivity index (χ4v) is 5.37. The van der Waals surface area contributed by atoms with Crippen LogP contribution in [0.3, 0.4) is 0 Å². The second-order valence-corrected chi connectivity index (χ2v) is 8.72. The molecular formula is C23H23NOS2. The Morgan fingerprint density at radius 1 is 0.926 bits per heavy atom. The van der Waals surface area contributed by atoms with Crippen LogP contribution in [0.5, 0.6) is 0 Å². The molecule has 4 heteroatoms. The molecule has 1 aliphatic rings. The van der Waals surface area contributed by atoms with Gasteiger partial charge < -0.3 is 4.90 Å². The van der Waals surface area contributed by atoms with Gasteiger partial charge in [0, 0.05) is 21.9 Å². The van der Waals surface area contributed by atoms with Crippen molar-refractivity contribution in [1.82, 2.24) is 0 Å². The summed E-state index contributed by atoms with van der Waals surface area (Å²) in [7, 11) is 0. The fourth-order valence-electron chi connectivity index (χ4n) is 3.52. The smallest absolute Gasteiger partial charge is 0.150 e. The minimum absolute atomic E-state index is 0.740. The second kappa shape index (κ2) is 8.32. The summed E-state index contributed by atoms with van der Waals surface area (Å²) in [5.41, 5.74) is 5.76. The number of aldehydes is 1. The van der Waals surface area contributed by atoms with Gasteiger partial charge in [-0.25, -0.2) is 0 Å². The maximum atomic E-state index is 11.3. The highest BCUT2D eigenvalue weighted by Gasteiger charge is 2.24. The lowest BCUT2D eigenvalue weighted by molar-refractivity contribution is 0.112. The lowest BCUT2D eigenvalue weighted by Crippen LogP contribution is -2.22. The van der Waals surface area contributed by atoms with Crippen LogP contribution in [-0.2, 0) is 0 Å². The number of hydrogen-bond donors (Lipinski definition) is 0. The topological polar surface area (TPSA) is 20.3 Å². The maximum absolute atomic E-state index is 11.3. The Bertz CT molecular complexity index is 934. The van der Waals surface area contributed by atoms with Crippen LogP contribution < -0.4 is 4.90 Å². The summed E-state index contributed by atoms with van der Waals surface area (Å²) in [5, 5.41) is 4.31. The lowest BCUT2D eigenvalue weighted by atomic mass is 10.1. The molecular weight excluding hydrogens is 370 g/mol. The maximum Gasteiger partial charge on any atom is 0.150 e. The normalized spacial score (nSPS) is 12.6. The van der Waals surface area contributed by atoms with Gasteiger partial charge in [-0.3, -0.25) is 4.79 Å². The summed E-state index contributed by atoms with van der Waals surface area (Å²) < 4.78 is 0. The molecule has 0 spiro atoms. The van der Waals surface area contributed by atoms with Gasteiger partial charge in [-0.15, -0.1) is 0 Å². The summed E-state index contributed by atoms with van der Waals surface area (Å²) in [4.78, 5) is 16.1. The summed E-state index contributed by atoms with van der Waals surface area (Å²) in [6, 6.07) is 15.0. The zero-order valence-electron chi connectivity index (χ0n) is 15.5. The molecule has 0 radical (unpaired) electrons. The van der Waals surface area contributed by atoms with E-state index in [2.05, 4.69) is 52.9 Å². The van der Waals surface area contributed by atoms with Crippen LogP contribution in [0.1, 0.15) is 43.0 Å². The summed E-state index contributed by atoms with van der Waals surface area (Å²) in [6.45, 7) is 3.26. The van der Waals surface area contributed by atoms with Crippen LogP contribution in [0.15, 0.2) is 63.0 Å². The quantitative estimate of drug-likeness (QED) is 0.308. The predicted octanol–water partition coefficient (Wildman–Crippen LogP) is 7.41. The molecule has 1 aromatic heterocycles. The Morgan fingerprint density at radius 2 is 1.74 bits per heavy atom. The van der Waals surface area contributed by atoms with Crippen molar-refractivity contribution in [2.45, 2.75) is 42.4 Å². The van der Waals surface area contributed by atoms with Crippen molar-refractivity contribution < 1.29 is 4.79 Å². The molecule has 138 valence electrons. The third kappa shape index (κ3) is 3.83. The molecule has 4 rings (SSSR count). The first-order valence-corrected chi connectivity index (χ1v) is 11.3. The summed E-state index contributed by atoms with van der Waals surface area (Å²) >= 11 is 3.50. The van der Waals surface area contributed by atoms with Crippen LogP contribution in [0, 0.1) is 0 Å². The molecule has 27 heavy (non-hydrogen) atoms. The van der Waals surface area contributed by atoms with Crippen LogP contribution >= 0.6 is 23.1 Å². The Kier molecular flexibility index (Phi) is 5.65. The number of hydrogen-bond acceptors (Lipinski definition) is 4. The minimum atomic E-state index is 0.740. The van der Waals surface area contributed by atoms with Gasteiger partial charge in [0.15, 0.2) is 0 Å².